The second kappa shape index (κ2) is 6.28. The largest absolute Gasteiger partial charge is 0.351 e. The number of amides is 2. The summed E-state index contributed by atoms with van der Waals surface area (Å²) < 4.78 is 0. The van der Waals surface area contributed by atoms with Crippen molar-refractivity contribution in [3.8, 4) is 0 Å². The zero-order valence-corrected chi connectivity index (χ0v) is 16.1. The number of rotatable bonds is 4. The van der Waals surface area contributed by atoms with Gasteiger partial charge in [-0.2, -0.15) is 0 Å². The smallest absolute Gasteiger partial charge is 0.243 e. The van der Waals surface area contributed by atoms with Gasteiger partial charge in [-0.05, 0) is 81.5 Å². The van der Waals surface area contributed by atoms with E-state index in [1.54, 1.807) is 0 Å². The fourth-order valence-corrected chi connectivity index (χ4v) is 6.81. The monoisotopic (exact) mass is 346 g/mol. The van der Waals surface area contributed by atoms with Gasteiger partial charge in [0.05, 0.1) is 0 Å². The van der Waals surface area contributed by atoms with Crippen LogP contribution in [-0.4, -0.2) is 35.3 Å². The first kappa shape index (κ1) is 17.4. The minimum atomic E-state index is -0.244. The van der Waals surface area contributed by atoms with Gasteiger partial charge in [-0.25, -0.2) is 0 Å². The molecule has 2 amide bonds. The lowest BCUT2D eigenvalue weighted by molar-refractivity contribution is -0.142. The molecule has 25 heavy (non-hydrogen) atoms. The van der Waals surface area contributed by atoms with Gasteiger partial charge in [-0.15, -0.1) is 0 Å². The maximum absolute atomic E-state index is 13.0. The quantitative estimate of drug-likeness (QED) is 0.848. The van der Waals surface area contributed by atoms with Crippen LogP contribution >= 0.6 is 0 Å². The van der Waals surface area contributed by atoms with Gasteiger partial charge in [0.2, 0.25) is 11.8 Å². The molecule has 1 N–H and O–H groups in total. The summed E-state index contributed by atoms with van der Waals surface area (Å²) in [6, 6.07) is -0.00346. The molecule has 0 unspecified atom stereocenters. The van der Waals surface area contributed by atoms with Crippen molar-refractivity contribution in [2.45, 2.75) is 84.2 Å². The summed E-state index contributed by atoms with van der Waals surface area (Å²) in [7, 11) is 0. The third-order valence-electron chi connectivity index (χ3n) is 7.70. The summed E-state index contributed by atoms with van der Waals surface area (Å²) in [5.41, 5.74) is 0.329. The fourth-order valence-electron chi connectivity index (χ4n) is 6.81. The van der Waals surface area contributed by atoms with E-state index in [1.165, 1.54) is 38.5 Å². The lowest BCUT2D eigenvalue weighted by Gasteiger charge is -2.59. The van der Waals surface area contributed by atoms with E-state index in [9.17, 15) is 9.59 Å². The molecule has 0 aromatic heterocycles. The number of nitrogens with one attached hydrogen (secondary N) is 1. The Hall–Kier alpha value is -1.06. The van der Waals surface area contributed by atoms with E-state index < -0.39 is 0 Å². The van der Waals surface area contributed by atoms with Crippen molar-refractivity contribution in [3.63, 3.8) is 0 Å². The molecule has 4 nitrogen and oxygen atoms in total. The average Bonchev–Trinajstić information content (AvgIpc) is 3.02. The minimum absolute atomic E-state index is 0.0334. The molecule has 1 aliphatic heterocycles. The highest BCUT2D eigenvalue weighted by atomic mass is 16.2. The molecule has 140 valence electrons. The van der Waals surface area contributed by atoms with Crippen LogP contribution in [-0.2, 0) is 9.59 Å². The molecule has 4 aliphatic carbocycles. The first-order chi connectivity index (χ1) is 11.9. The molecular formula is C21H34N2O2. The summed E-state index contributed by atoms with van der Waals surface area (Å²) in [6.45, 7) is 6.82. The lowest BCUT2D eigenvalue weighted by atomic mass is 9.48. The summed E-state index contributed by atoms with van der Waals surface area (Å²) in [5, 5.41) is 3.37. The summed E-state index contributed by atoms with van der Waals surface area (Å²) in [6.07, 6.45) is 9.97. The summed E-state index contributed by atoms with van der Waals surface area (Å²) >= 11 is 0. The molecule has 5 rings (SSSR count). The molecular weight excluding hydrogens is 312 g/mol. The Bertz CT molecular complexity index is 521. The number of hydrogen-bond donors (Lipinski definition) is 1. The van der Waals surface area contributed by atoms with Gasteiger partial charge < -0.3 is 10.2 Å². The summed E-state index contributed by atoms with van der Waals surface area (Å²) in [5.74, 6) is 2.88. The van der Waals surface area contributed by atoms with Gasteiger partial charge in [-0.3, -0.25) is 9.59 Å². The number of carbonyl (C=O) groups is 2. The van der Waals surface area contributed by atoms with Crippen LogP contribution in [0.1, 0.15) is 72.1 Å². The zero-order valence-electron chi connectivity index (χ0n) is 16.1. The Morgan fingerprint density at radius 3 is 2.08 bits per heavy atom. The maximum Gasteiger partial charge on any atom is 0.243 e. The van der Waals surface area contributed by atoms with Gasteiger partial charge >= 0.3 is 0 Å². The van der Waals surface area contributed by atoms with E-state index in [1.807, 2.05) is 18.7 Å². The van der Waals surface area contributed by atoms with Crippen molar-refractivity contribution >= 4 is 11.8 Å². The average molecular weight is 347 g/mol. The Labute approximate surface area is 152 Å². The maximum atomic E-state index is 13.0. The Balaban J connectivity index is 1.43. The number of carbonyl (C=O) groups excluding carboxylic acids is 2. The first-order valence-corrected chi connectivity index (χ1v) is 10.5. The molecule has 0 aromatic rings. The van der Waals surface area contributed by atoms with E-state index in [0.29, 0.717) is 5.41 Å². The predicted octanol–water partition coefficient (Wildman–Crippen LogP) is 3.35. The minimum Gasteiger partial charge on any atom is -0.351 e. The van der Waals surface area contributed by atoms with Crippen LogP contribution in [0.25, 0.3) is 0 Å². The molecule has 1 saturated heterocycles. The van der Waals surface area contributed by atoms with Crippen molar-refractivity contribution in [3.05, 3.63) is 0 Å². The molecule has 0 spiro atoms. The summed E-state index contributed by atoms with van der Waals surface area (Å²) in [4.78, 5) is 27.2. The van der Waals surface area contributed by atoms with Crippen LogP contribution in [0, 0.1) is 29.1 Å². The van der Waals surface area contributed by atoms with Gasteiger partial charge in [0.15, 0.2) is 0 Å². The second-order valence-corrected chi connectivity index (χ2v) is 9.85. The Kier molecular flexibility index (Phi) is 4.36. The van der Waals surface area contributed by atoms with Gasteiger partial charge in [0, 0.05) is 18.5 Å². The van der Waals surface area contributed by atoms with Crippen molar-refractivity contribution in [1.29, 1.82) is 0 Å². The standard InChI is InChI=1S/C21H34N2O2/c1-13(2)20(25)23-6-4-5-18(23)19(24)22-14(3)21-10-15-7-16(11-21)9-17(8-15)12-21/h13-18H,4-12H2,1-3H3,(H,22,24)/t14-,15?,16?,17?,18-,21?/m1/s1. The SMILES string of the molecule is CC(C)C(=O)N1CCC[C@@H]1C(=O)N[C@H](C)C12CC3CC(CC(C3)C1)C2. The van der Waals surface area contributed by atoms with Crippen molar-refractivity contribution < 1.29 is 9.59 Å². The topological polar surface area (TPSA) is 49.4 Å². The lowest BCUT2D eigenvalue weighted by Crippen LogP contribution is -2.58. The van der Waals surface area contributed by atoms with E-state index in [2.05, 4.69) is 12.2 Å². The molecule has 5 aliphatic rings. The highest BCUT2D eigenvalue weighted by molar-refractivity contribution is 5.89. The van der Waals surface area contributed by atoms with E-state index in [4.69, 9.17) is 0 Å². The first-order valence-electron chi connectivity index (χ1n) is 10.5. The molecule has 4 bridgehead atoms. The van der Waals surface area contributed by atoms with Crippen LogP contribution < -0.4 is 5.32 Å². The van der Waals surface area contributed by atoms with Gasteiger partial charge in [0.1, 0.15) is 6.04 Å². The van der Waals surface area contributed by atoms with Crippen LogP contribution in [0.15, 0.2) is 0 Å². The van der Waals surface area contributed by atoms with Crippen molar-refractivity contribution in [1.82, 2.24) is 10.2 Å². The Morgan fingerprint density at radius 1 is 1.00 bits per heavy atom. The number of nitrogens with zero attached hydrogens (tertiary/aromatic N) is 1. The third-order valence-corrected chi connectivity index (χ3v) is 7.70. The van der Waals surface area contributed by atoms with Gasteiger partial charge in [0.25, 0.3) is 0 Å². The highest BCUT2D eigenvalue weighted by Gasteiger charge is 2.53. The van der Waals surface area contributed by atoms with E-state index in [0.717, 1.165) is 37.1 Å². The fraction of sp³-hybridized carbons (Fsp3) is 0.905. The number of likely N-dealkylation sites (tertiary alicyclic amines) is 1. The van der Waals surface area contributed by atoms with Crippen LogP contribution in [0.5, 0.6) is 0 Å². The normalized spacial score (nSPS) is 40.6. The molecule has 1 heterocycles. The molecule has 4 saturated carbocycles. The molecule has 4 heteroatoms. The van der Waals surface area contributed by atoms with E-state index >= 15 is 0 Å². The number of hydrogen-bond acceptors (Lipinski definition) is 2. The third kappa shape index (κ3) is 3.00. The Morgan fingerprint density at radius 2 is 1.56 bits per heavy atom. The van der Waals surface area contributed by atoms with Crippen LogP contribution in [0.2, 0.25) is 0 Å². The van der Waals surface area contributed by atoms with E-state index in [-0.39, 0.29) is 29.8 Å². The van der Waals surface area contributed by atoms with Crippen LogP contribution in [0.3, 0.4) is 0 Å². The predicted molar refractivity (Wildman–Crippen MR) is 97.8 cm³/mol. The molecule has 0 aromatic carbocycles. The molecule has 2 atom stereocenters. The van der Waals surface area contributed by atoms with Crippen LogP contribution in [0.4, 0.5) is 0 Å². The van der Waals surface area contributed by atoms with Crippen molar-refractivity contribution in [2.24, 2.45) is 29.1 Å². The molecule has 0 radical (unpaired) electrons. The van der Waals surface area contributed by atoms with Gasteiger partial charge in [-0.1, -0.05) is 13.8 Å². The highest BCUT2D eigenvalue weighted by Crippen LogP contribution is 2.61. The second-order valence-electron chi connectivity index (χ2n) is 9.85. The van der Waals surface area contributed by atoms with Crippen molar-refractivity contribution in [2.75, 3.05) is 6.54 Å². The zero-order chi connectivity index (χ0) is 17.8. The molecule has 5 fully saturated rings.